The van der Waals surface area contributed by atoms with E-state index in [-0.39, 0.29) is 0 Å². The first-order valence-corrected chi connectivity index (χ1v) is 7.35. The van der Waals surface area contributed by atoms with E-state index in [1.54, 1.807) is 0 Å². The lowest BCUT2D eigenvalue weighted by Crippen LogP contribution is -2.06. The van der Waals surface area contributed by atoms with Gasteiger partial charge in [0.05, 0.1) is 0 Å². The Balaban J connectivity index is 2.44. The monoisotopic (exact) mass is 265 g/mol. The van der Waals surface area contributed by atoms with Crippen LogP contribution in [0.3, 0.4) is 0 Å². The van der Waals surface area contributed by atoms with Crippen LogP contribution in [0.1, 0.15) is 30.0 Å². The Morgan fingerprint density at radius 2 is 1.70 bits per heavy atom. The lowest BCUT2D eigenvalue weighted by atomic mass is 9.92. The molecule has 0 aliphatic carbocycles. The van der Waals surface area contributed by atoms with Crippen LogP contribution >= 0.6 is 0 Å². The molecule has 0 spiro atoms. The summed E-state index contributed by atoms with van der Waals surface area (Å²) in [6.07, 6.45) is 4.45. The molecule has 1 N–H and O–H groups in total. The van der Waals surface area contributed by atoms with Crippen molar-refractivity contribution < 1.29 is 0 Å². The third kappa shape index (κ3) is 3.58. The molecule has 104 valence electrons. The first-order chi connectivity index (χ1) is 9.86. The maximum absolute atomic E-state index is 3.21. The van der Waals surface area contributed by atoms with E-state index in [0.717, 1.165) is 19.4 Å². The summed E-state index contributed by atoms with van der Waals surface area (Å²) in [4.78, 5) is 0. The van der Waals surface area contributed by atoms with E-state index in [0.29, 0.717) is 0 Å². The number of aryl methyl sites for hydroxylation is 1. The van der Waals surface area contributed by atoms with Crippen molar-refractivity contribution in [3.8, 4) is 0 Å². The number of nitrogens with one attached hydrogen (secondary N) is 1. The quantitative estimate of drug-likeness (QED) is 0.768. The van der Waals surface area contributed by atoms with E-state index in [4.69, 9.17) is 0 Å². The van der Waals surface area contributed by atoms with Gasteiger partial charge >= 0.3 is 0 Å². The smallest absolute Gasteiger partial charge is 0.00169 e. The number of hydrogen-bond donors (Lipinski definition) is 1. The van der Waals surface area contributed by atoms with Crippen molar-refractivity contribution in [2.75, 3.05) is 13.6 Å². The Hall–Kier alpha value is -1.86. The van der Waals surface area contributed by atoms with Crippen molar-refractivity contribution in [1.29, 1.82) is 0 Å². The van der Waals surface area contributed by atoms with Crippen LogP contribution in [0.25, 0.3) is 5.57 Å². The molecule has 1 nitrogen and oxygen atoms in total. The highest BCUT2D eigenvalue weighted by Gasteiger charge is 2.08. The lowest BCUT2D eigenvalue weighted by Gasteiger charge is -2.13. The van der Waals surface area contributed by atoms with Gasteiger partial charge in [-0.2, -0.15) is 0 Å². The zero-order chi connectivity index (χ0) is 14.2. The van der Waals surface area contributed by atoms with Crippen LogP contribution in [-0.4, -0.2) is 13.6 Å². The van der Waals surface area contributed by atoms with Gasteiger partial charge in [-0.15, -0.1) is 0 Å². The van der Waals surface area contributed by atoms with Crippen molar-refractivity contribution >= 4 is 5.57 Å². The Labute approximate surface area is 122 Å². The topological polar surface area (TPSA) is 12.0 Å². The Morgan fingerprint density at radius 1 is 1.00 bits per heavy atom. The fourth-order valence-corrected chi connectivity index (χ4v) is 2.45. The molecule has 1 heteroatoms. The van der Waals surface area contributed by atoms with E-state index in [2.05, 4.69) is 72.9 Å². The van der Waals surface area contributed by atoms with Gasteiger partial charge < -0.3 is 5.32 Å². The molecule has 0 atom stereocenters. The fourth-order valence-electron chi connectivity index (χ4n) is 2.45. The standard InChI is InChI=1S/C19H23N/c1-3-16-10-7-8-13-18(16)19(14-9-15-20-2)17-11-5-4-6-12-17/h4-8,10-14,20H,3,9,15H2,1-2H3/b19-14+. The van der Waals surface area contributed by atoms with Crippen molar-refractivity contribution in [3.05, 3.63) is 77.4 Å². The molecule has 0 aromatic heterocycles. The fraction of sp³-hybridized carbons (Fsp3) is 0.263. The van der Waals surface area contributed by atoms with Crippen molar-refractivity contribution in [1.82, 2.24) is 5.32 Å². The third-order valence-electron chi connectivity index (χ3n) is 3.52. The summed E-state index contributed by atoms with van der Waals surface area (Å²) >= 11 is 0. The van der Waals surface area contributed by atoms with Gasteiger partial charge in [-0.1, -0.05) is 67.6 Å². The third-order valence-corrected chi connectivity index (χ3v) is 3.52. The number of hydrogen-bond acceptors (Lipinski definition) is 1. The minimum absolute atomic E-state index is 1.00. The molecule has 0 bridgehead atoms. The van der Waals surface area contributed by atoms with Crippen LogP contribution in [0.4, 0.5) is 0 Å². The molecule has 0 amide bonds. The second-order valence-corrected chi connectivity index (χ2v) is 4.89. The predicted molar refractivity (Wildman–Crippen MR) is 87.9 cm³/mol. The Morgan fingerprint density at radius 3 is 2.40 bits per heavy atom. The molecule has 0 aliphatic heterocycles. The van der Waals surface area contributed by atoms with E-state index >= 15 is 0 Å². The van der Waals surface area contributed by atoms with E-state index < -0.39 is 0 Å². The highest BCUT2D eigenvalue weighted by Crippen LogP contribution is 2.27. The van der Waals surface area contributed by atoms with Gasteiger partial charge in [-0.05, 0) is 48.7 Å². The second-order valence-electron chi connectivity index (χ2n) is 4.89. The average Bonchev–Trinajstić information content (AvgIpc) is 2.52. The Bertz CT molecular complexity index is 555. The van der Waals surface area contributed by atoms with Gasteiger partial charge in [0.1, 0.15) is 0 Å². The van der Waals surface area contributed by atoms with E-state index in [1.165, 1.54) is 22.3 Å². The van der Waals surface area contributed by atoms with Crippen molar-refractivity contribution in [2.24, 2.45) is 0 Å². The van der Waals surface area contributed by atoms with E-state index in [1.807, 2.05) is 7.05 Å². The van der Waals surface area contributed by atoms with Crippen LogP contribution in [0.2, 0.25) is 0 Å². The largest absolute Gasteiger partial charge is 0.319 e. The molecule has 2 aromatic carbocycles. The molecule has 2 rings (SSSR count). The number of benzene rings is 2. The number of rotatable bonds is 6. The van der Waals surface area contributed by atoms with Gasteiger partial charge in [0, 0.05) is 0 Å². The molecule has 0 unspecified atom stereocenters. The summed E-state index contributed by atoms with van der Waals surface area (Å²) in [6.45, 7) is 3.22. The molecule has 0 radical (unpaired) electrons. The highest BCUT2D eigenvalue weighted by molar-refractivity contribution is 5.81. The van der Waals surface area contributed by atoms with Crippen molar-refractivity contribution in [2.45, 2.75) is 19.8 Å². The minimum Gasteiger partial charge on any atom is -0.319 e. The molecule has 0 aliphatic rings. The SMILES string of the molecule is CCc1ccccc1/C(=C/CCNC)c1ccccc1. The highest BCUT2D eigenvalue weighted by atomic mass is 14.8. The van der Waals surface area contributed by atoms with Gasteiger partial charge in [0.15, 0.2) is 0 Å². The summed E-state index contributed by atoms with van der Waals surface area (Å²) in [5.41, 5.74) is 5.41. The minimum atomic E-state index is 1.00. The molecule has 0 saturated heterocycles. The molecule has 2 aromatic rings. The molecular weight excluding hydrogens is 242 g/mol. The summed E-state index contributed by atoms with van der Waals surface area (Å²) in [7, 11) is 2.00. The summed E-state index contributed by atoms with van der Waals surface area (Å²) in [5, 5.41) is 3.21. The Kier molecular flexibility index (Phi) is 5.57. The summed E-state index contributed by atoms with van der Waals surface area (Å²) < 4.78 is 0. The maximum Gasteiger partial charge on any atom is -0.00169 e. The molecule has 20 heavy (non-hydrogen) atoms. The van der Waals surface area contributed by atoms with Crippen LogP contribution in [0.5, 0.6) is 0 Å². The van der Waals surface area contributed by atoms with E-state index in [9.17, 15) is 0 Å². The normalized spacial score (nSPS) is 11.6. The van der Waals surface area contributed by atoms with Crippen LogP contribution in [-0.2, 0) is 6.42 Å². The van der Waals surface area contributed by atoms with Crippen LogP contribution in [0.15, 0.2) is 60.7 Å². The van der Waals surface area contributed by atoms with Gasteiger partial charge in [0.25, 0.3) is 0 Å². The maximum atomic E-state index is 3.21. The first-order valence-electron chi connectivity index (χ1n) is 7.35. The van der Waals surface area contributed by atoms with Crippen LogP contribution in [0, 0.1) is 0 Å². The summed E-state index contributed by atoms with van der Waals surface area (Å²) in [5.74, 6) is 0. The predicted octanol–water partition coefficient (Wildman–Crippen LogP) is 4.29. The molecular formula is C19H23N. The zero-order valence-electron chi connectivity index (χ0n) is 12.4. The molecule has 0 saturated carbocycles. The van der Waals surface area contributed by atoms with Crippen LogP contribution < -0.4 is 5.32 Å². The van der Waals surface area contributed by atoms with Gasteiger partial charge in [-0.25, -0.2) is 0 Å². The first kappa shape index (κ1) is 14.5. The average molecular weight is 265 g/mol. The lowest BCUT2D eigenvalue weighted by molar-refractivity contribution is 0.808. The van der Waals surface area contributed by atoms with Gasteiger partial charge in [0.2, 0.25) is 0 Å². The zero-order valence-corrected chi connectivity index (χ0v) is 12.4. The second kappa shape index (κ2) is 7.66. The van der Waals surface area contributed by atoms with Gasteiger partial charge in [-0.3, -0.25) is 0 Å². The molecule has 0 heterocycles. The van der Waals surface area contributed by atoms with Crippen molar-refractivity contribution in [3.63, 3.8) is 0 Å². The molecule has 0 fully saturated rings. The summed E-state index contributed by atoms with van der Waals surface area (Å²) in [6, 6.07) is 19.4.